The highest BCUT2D eigenvalue weighted by Gasteiger charge is 2.30. The van der Waals surface area contributed by atoms with E-state index in [1.807, 2.05) is 32.9 Å². The lowest BCUT2D eigenvalue weighted by molar-refractivity contribution is -0.136. The van der Waals surface area contributed by atoms with Gasteiger partial charge in [0.1, 0.15) is 0 Å². The van der Waals surface area contributed by atoms with Crippen molar-refractivity contribution >= 4 is 11.9 Å². The van der Waals surface area contributed by atoms with Gasteiger partial charge in [-0.15, -0.1) is 0 Å². The van der Waals surface area contributed by atoms with Crippen molar-refractivity contribution in [3.63, 3.8) is 0 Å². The first-order valence-electron chi connectivity index (χ1n) is 8.57. The molecule has 1 fully saturated rings. The van der Waals surface area contributed by atoms with Gasteiger partial charge in [-0.1, -0.05) is 0 Å². The molecule has 1 aliphatic rings. The van der Waals surface area contributed by atoms with Crippen LogP contribution in [0.1, 0.15) is 53.9 Å². The first-order chi connectivity index (χ1) is 11.9. The van der Waals surface area contributed by atoms with Crippen molar-refractivity contribution in [2.24, 2.45) is 0 Å². The Balaban J connectivity index is 1.90. The fourth-order valence-corrected chi connectivity index (χ4v) is 3.28. The molecule has 7 nitrogen and oxygen atoms in total. The molecule has 25 heavy (non-hydrogen) atoms. The average molecular weight is 341 g/mol. The van der Waals surface area contributed by atoms with Crippen molar-refractivity contribution in [3.05, 3.63) is 40.7 Å². The number of carboxylic acids is 1. The van der Waals surface area contributed by atoms with Gasteiger partial charge in [0, 0.05) is 35.7 Å². The van der Waals surface area contributed by atoms with Crippen molar-refractivity contribution in [2.45, 2.75) is 52.5 Å². The van der Waals surface area contributed by atoms with Crippen LogP contribution in [0.5, 0.6) is 0 Å². The minimum Gasteiger partial charge on any atom is -0.481 e. The number of carboxylic acid groups (broad SMARTS) is 1. The normalized spacial score (nSPS) is 17.1. The minimum absolute atomic E-state index is 0.0321. The largest absolute Gasteiger partial charge is 0.481 e. The number of aryl methyl sites for hydroxylation is 4. The maximum absolute atomic E-state index is 10.8. The molecular weight excluding hydrogens is 318 g/mol. The molecule has 0 amide bonds. The molecule has 1 N–H and O–H groups in total. The SMILES string of the molecule is Cc1cc(CCC(=O)O)nc(C2CCCN2c2nc(C)cc(C)n2)n1. The smallest absolute Gasteiger partial charge is 0.303 e. The first kappa shape index (κ1) is 17.3. The standard InChI is InChI=1S/C18H23N5O2/c1-11-9-12(2)21-18(20-11)23-8-4-5-15(23)17-19-13(3)10-14(22-17)6-7-16(24)25/h9-10,15H,4-8H2,1-3H3,(H,24,25). The number of aromatic nitrogens is 4. The zero-order valence-electron chi connectivity index (χ0n) is 14.9. The van der Waals surface area contributed by atoms with Crippen molar-refractivity contribution < 1.29 is 9.90 Å². The molecule has 1 aliphatic heterocycles. The van der Waals surface area contributed by atoms with Gasteiger partial charge in [-0.05, 0) is 45.7 Å². The number of hydrogen-bond donors (Lipinski definition) is 1. The minimum atomic E-state index is -0.816. The third kappa shape index (κ3) is 4.10. The van der Waals surface area contributed by atoms with E-state index in [4.69, 9.17) is 5.11 Å². The Kier molecular flexibility index (Phi) is 4.92. The van der Waals surface area contributed by atoms with E-state index in [-0.39, 0.29) is 12.5 Å². The maximum atomic E-state index is 10.8. The molecule has 1 unspecified atom stereocenters. The fraction of sp³-hybridized carbons (Fsp3) is 0.500. The Morgan fingerprint density at radius 2 is 1.80 bits per heavy atom. The van der Waals surface area contributed by atoms with Gasteiger partial charge in [-0.25, -0.2) is 19.9 Å². The summed E-state index contributed by atoms with van der Waals surface area (Å²) in [6.07, 6.45) is 2.46. The van der Waals surface area contributed by atoms with Gasteiger partial charge in [-0.3, -0.25) is 4.79 Å². The zero-order chi connectivity index (χ0) is 18.0. The monoisotopic (exact) mass is 341 g/mol. The number of hydrogen-bond acceptors (Lipinski definition) is 6. The van der Waals surface area contributed by atoms with Crippen LogP contribution in [0.4, 0.5) is 5.95 Å². The second-order valence-corrected chi connectivity index (χ2v) is 6.55. The fourth-order valence-electron chi connectivity index (χ4n) is 3.28. The van der Waals surface area contributed by atoms with Gasteiger partial charge < -0.3 is 10.0 Å². The number of nitrogens with zero attached hydrogens (tertiary/aromatic N) is 5. The first-order valence-corrected chi connectivity index (χ1v) is 8.57. The van der Waals surface area contributed by atoms with Gasteiger partial charge in [-0.2, -0.15) is 0 Å². The van der Waals surface area contributed by atoms with Crippen LogP contribution in [0.3, 0.4) is 0 Å². The second-order valence-electron chi connectivity index (χ2n) is 6.55. The summed E-state index contributed by atoms with van der Waals surface area (Å²) in [5, 5.41) is 8.90. The van der Waals surface area contributed by atoms with Crippen LogP contribution < -0.4 is 4.90 Å². The Labute approximate surface area is 147 Å². The molecule has 0 aliphatic carbocycles. The van der Waals surface area contributed by atoms with Crippen molar-refractivity contribution in [2.75, 3.05) is 11.4 Å². The lowest BCUT2D eigenvalue weighted by Gasteiger charge is -2.24. The third-order valence-electron chi connectivity index (χ3n) is 4.30. The second kappa shape index (κ2) is 7.13. The summed E-state index contributed by atoms with van der Waals surface area (Å²) in [6.45, 7) is 6.73. The number of anilines is 1. The lowest BCUT2D eigenvalue weighted by atomic mass is 10.1. The molecule has 1 atom stereocenters. The lowest BCUT2D eigenvalue weighted by Crippen LogP contribution is -2.27. The molecule has 0 aromatic carbocycles. The van der Waals surface area contributed by atoms with Crippen molar-refractivity contribution in [1.29, 1.82) is 0 Å². The van der Waals surface area contributed by atoms with Crippen LogP contribution in [0, 0.1) is 20.8 Å². The van der Waals surface area contributed by atoms with Gasteiger partial charge in [0.15, 0.2) is 5.82 Å². The maximum Gasteiger partial charge on any atom is 0.303 e. The quantitative estimate of drug-likeness (QED) is 0.893. The van der Waals surface area contributed by atoms with Crippen LogP contribution in [-0.4, -0.2) is 37.6 Å². The van der Waals surface area contributed by atoms with Crippen LogP contribution in [0.15, 0.2) is 12.1 Å². The number of aliphatic carboxylic acids is 1. The number of carbonyl (C=O) groups is 1. The highest BCUT2D eigenvalue weighted by atomic mass is 16.4. The van der Waals surface area contributed by atoms with E-state index >= 15 is 0 Å². The molecule has 0 saturated carbocycles. The van der Waals surface area contributed by atoms with Crippen LogP contribution in [0.25, 0.3) is 0 Å². The van der Waals surface area contributed by atoms with E-state index in [0.29, 0.717) is 6.42 Å². The zero-order valence-corrected chi connectivity index (χ0v) is 14.9. The molecule has 0 radical (unpaired) electrons. The van der Waals surface area contributed by atoms with Gasteiger partial charge in [0.05, 0.1) is 12.5 Å². The Bertz CT molecular complexity index is 773. The van der Waals surface area contributed by atoms with Crippen molar-refractivity contribution in [3.8, 4) is 0 Å². The van der Waals surface area contributed by atoms with Crippen LogP contribution >= 0.6 is 0 Å². The average Bonchev–Trinajstić information content (AvgIpc) is 3.01. The van der Waals surface area contributed by atoms with Crippen LogP contribution in [0.2, 0.25) is 0 Å². The van der Waals surface area contributed by atoms with E-state index in [0.717, 1.165) is 53.9 Å². The summed E-state index contributed by atoms with van der Waals surface area (Å²) >= 11 is 0. The highest BCUT2D eigenvalue weighted by molar-refractivity contribution is 5.66. The Hall–Kier alpha value is -2.57. The van der Waals surface area contributed by atoms with E-state index in [9.17, 15) is 4.79 Å². The van der Waals surface area contributed by atoms with Crippen molar-refractivity contribution in [1.82, 2.24) is 19.9 Å². The molecule has 0 spiro atoms. The molecule has 7 heteroatoms. The molecular formula is C18H23N5O2. The van der Waals surface area contributed by atoms with Gasteiger partial charge >= 0.3 is 5.97 Å². The third-order valence-corrected chi connectivity index (χ3v) is 4.30. The van der Waals surface area contributed by atoms with Crippen LogP contribution in [-0.2, 0) is 11.2 Å². The van der Waals surface area contributed by atoms with E-state index in [1.54, 1.807) is 0 Å². The molecule has 1 saturated heterocycles. The molecule has 2 aromatic rings. The summed E-state index contributed by atoms with van der Waals surface area (Å²) in [7, 11) is 0. The van der Waals surface area contributed by atoms with E-state index in [1.165, 1.54) is 0 Å². The summed E-state index contributed by atoms with van der Waals surface area (Å²) in [4.78, 5) is 31.4. The van der Waals surface area contributed by atoms with Gasteiger partial charge in [0.2, 0.25) is 5.95 Å². The highest BCUT2D eigenvalue weighted by Crippen LogP contribution is 2.33. The van der Waals surface area contributed by atoms with Gasteiger partial charge in [0.25, 0.3) is 0 Å². The Morgan fingerprint density at radius 1 is 1.12 bits per heavy atom. The van der Waals surface area contributed by atoms with E-state index in [2.05, 4.69) is 24.8 Å². The summed E-state index contributed by atoms with van der Waals surface area (Å²) in [5.74, 6) is 0.641. The summed E-state index contributed by atoms with van der Waals surface area (Å²) in [5.41, 5.74) is 3.53. The Morgan fingerprint density at radius 3 is 2.48 bits per heavy atom. The molecule has 132 valence electrons. The molecule has 3 rings (SSSR count). The predicted molar refractivity (Wildman–Crippen MR) is 93.6 cm³/mol. The summed E-state index contributed by atoms with van der Waals surface area (Å²) < 4.78 is 0. The molecule has 3 heterocycles. The molecule has 0 bridgehead atoms. The number of rotatable bonds is 5. The predicted octanol–water partition coefficient (Wildman–Crippen LogP) is 2.55. The summed E-state index contributed by atoms with van der Waals surface area (Å²) in [6, 6.07) is 3.85. The molecule has 2 aromatic heterocycles. The van der Waals surface area contributed by atoms with E-state index < -0.39 is 5.97 Å². The topological polar surface area (TPSA) is 92.1 Å².